The van der Waals surface area contributed by atoms with Crippen molar-refractivity contribution < 1.29 is 38.5 Å². The lowest BCUT2D eigenvalue weighted by Gasteiger charge is -2.30. The molecule has 0 radical (unpaired) electrons. The second kappa shape index (κ2) is 5.73. The van der Waals surface area contributed by atoms with Crippen LogP contribution in [-0.4, -0.2) is 52.4 Å². The maximum absolute atomic E-state index is 12.6. The zero-order chi connectivity index (χ0) is 15.7. The zero-order valence-electron chi connectivity index (χ0n) is 11.7. The number of hydrogen-bond acceptors (Lipinski definition) is 8. The molecule has 0 saturated carbocycles. The highest BCUT2D eigenvalue weighted by Crippen LogP contribution is 2.61. The van der Waals surface area contributed by atoms with Crippen LogP contribution in [0.25, 0.3) is 0 Å². The molecule has 1 aliphatic rings. The summed E-state index contributed by atoms with van der Waals surface area (Å²) in [7, 11) is -2.56. The Hall–Kier alpha value is -1.08. The predicted octanol–water partition coefficient (Wildman–Crippen LogP) is 0.689. The molecule has 3 unspecified atom stereocenters. The molecule has 8 nitrogen and oxygen atoms in total. The molecule has 1 rings (SSSR count). The quantitative estimate of drug-likeness (QED) is 0.500. The molecule has 0 aromatic heterocycles. The Labute approximate surface area is 116 Å². The Kier molecular flexibility index (Phi) is 4.86. The highest BCUT2D eigenvalue weighted by molar-refractivity contribution is 7.55. The Morgan fingerprint density at radius 2 is 2.00 bits per heavy atom. The van der Waals surface area contributed by atoms with Crippen LogP contribution in [0.15, 0.2) is 11.5 Å². The summed E-state index contributed by atoms with van der Waals surface area (Å²) < 4.78 is 27.3. The highest BCUT2D eigenvalue weighted by Gasteiger charge is 2.48. The maximum Gasteiger partial charge on any atom is 0.384 e. The largest absolute Gasteiger partial charge is 0.499 e. The Balaban J connectivity index is 3.15. The van der Waals surface area contributed by atoms with Crippen molar-refractivity contribution >= 4 is 13.6 Å². The van der Waals surface area contributed by atoms with E-state index in [0.717, 1.165) is 0 Å². The van der Waals surface area contributed by atoms with Crippen molar-refractivity contribution in [3.63, 3.8) is 0 Å². The van der Waals surface area contributed by atoms with Gasteiger partial charge in [0.15, 0.2) is 11.9 Å². The van der Waals surface area contributed by atoms with Gasteiger partial charge in [0.05, 0.1) is 11.8 Å². The van der Waals surface area contributed by atoms with Gasteiger partial charge in [-0.2, -0.15) is 0 Å². The van der Waals surface area contributed by atoms with Gasteiger partial charge in [-0.3, -0.25) is 0 Å². The van der Waals surface area contributed by atoms with Crippen LogP contribution in [0.5, 0.6) is 0 Å². The molecule has 0 aromatic rings. The van der Waals surface area contributed by atoms with E-state index >= 15 is 0 Å². The molecule has 3 N–H and O–H groups in total. The first-order valence-electron chi connectivity index (χ1n) is 5.86. The van der Waals surface area contributed by atoms with Crippen LogP contribution in [0.2, 0.25) is 0 Å². The minimum atomic E-state index is -3.73. The Morgan fingerprint density at radius 3 is 2.40 bits per heavy atom. The molecule has 0 aromatic carbocycles. The molecule has 20 heavy (non-hydrogen) atoms. The number of cyclic esters (lactones) is 1. The van der Waals surface area contributed by atoms with E-state index < -0.39 is 49.1 Å². The second-order valence-electron chi connectivity index (χ2n) is 5.23. The number of aliphatic hydroxyl groups is 3. The molecule has 0 aliphatic carbocycles. The van der Waals surface area contributed by atoms with Crippen molar-refractivity contribution in [3.8, 4) is 0 Å². The van der Waals surface area contributed by atoms with Gasteiger partial charge in [0.1, 0.15) is 6.10 Å². The molecule has 3 atom stereocenters. The average Bonchev–Trinajstić information content (AvgIpc) is 2.64. The topological polar surface area (TPSA) is 123 Å². The van der Waals surface area contributed by atoms with Crippen LogP contribution >= 0.6 is 7.60 Å². The summed E-state index contributed by atoms with van der Waals surface area (Å²) in [6, 6.07) is 0. The number of aliphatic hydroxyl groups excluding tert-OH is 3. The smallest absolute Gasteiger partial charge is 0.384 e. The lowest BCUT2D eigenvalue weighted by molar-refractivity contribution is -0.147. The van der Waals surface area contributed by atoms with E-state index in [9.17, 15) is 19.6 Å². The fraction of sp³-hybridized carbons (Fsp3) is 0.727. The summed E-state index contributed by atoms with van der Waals surface area (Å²) in [6.07, 6.45) is -2.94. The van der Waals surface area contributed by atoms with E-state index in [1.54, 1.807) is 20.8 Å². The minimum Gasteiger partial charge on any atom is -0.499 e. The van der Waals surface area contributed by atoms with E-state index in [0.29, 0.717) is 0 Å². The average molecular weight is 310 g/mol. The van der Waals surface area contributed by atoms with Gasteiger partial charge in [-0.25, -0.2) is 9.36 Å². The third kappa shape index (κ3) is 2.98. The van der Waals surface area contributed by atoms with E-state index in [-0.39, 0.29) is 0 Å². The first-order valence-corrected chi connectivity index (χ1v) is 7.40. The van der Waals surface area contributed by atoms with Gasteiger partial charge in [0, 0.05) is 7.11 Å². The van der Waals surface area contributed by atoms with Gasteiger partial charge in [0.2, 0.25) is 5.76 Å². The molecule has 0 fully saturated rings. The summed E-state index contributed by atoms with van der Waals surface area (Å²) in [4.78, 5) is 11.3. The number of carbonyl (C=O) groups is 1. The third-order valence-electron chi connectivity index (χ3n) is 2.74. The van der Waals surface area contributed by atoms with E-state index in [1.807, 2.05) is 0 Å². The summed E-state index contributed by atoms with van der Waals surface area (Å²) in [5.41, 5.74) is 0. The standard InChI is InChI=1S/C11H19O8P/c1-11(2,3)20(16,17-4)19-9-7(14)10(15)18-8(9)6(13)5-12/h6,8,12-14H,5H2,1-4H3. The summed E-state index contributed by atoms with van der Waals surface area (Å²) >= 11 is 0. The molecule has 1 aliphatic heterocycles. The SMILES string of the molecule is COP(=O)(OC1=C(O)C(=O)OC1C(O)CO)C(C)(C)C. The van der Waals surface area contributed by atoms with Crippen molar-refractivity contribution in [2.45, 2.75) is 38.1 Å². The van der Waals surface area contributed by atoms with Crippen LogP contribution in [0.3, 0.4) is 0 Å². The number of rotatable bonds is 5. The molecule has 0 saturated heterocycles. The monoisotopic (exact) mass is 310 g/mol. The summed E-state index contributed by atoms with van der Waals surface area (Å²) in [5.74, 6) is -2.53. The number of esters is 1. The summed E-state index contributed by atoms with van der Waals surface area (Å²) in [6.45, 7) is 4.03. The predicted molar refractivity (Wildman–Crippen MR) is 68.1 cm³/mol. The lowest BCUT2D eigenvalue weighted by atomic mass is 10.2. The van der Waals surface area contributed by atoms with Crippen LogP contribution in [0.1, 0.15) is 20.8 Å². The Morgan fingerprint density at radius 1 is 1.45 bits per heavy atom. The lowest BCUT2D eigenvalue weighted by Crippen LogP contribution is -2.33. The molecule has 0 amide bonds. The van der Waals surface area contributed by atoms with Gasteiger partial charge < -0.3 is 29.1 Å². The summed E-state index contributed by atoms with van der Waals surface area (Å²) in [5, 5.41) is 27.1. The van der Waals surface area contributed by atoms with E-state index in [1.165, 1.54) is 7.11 Å². The highest BCUT2D eigenvalue weighted by atomic mass is 31.2. The fourth-order valence-electron chi connectivity index (χ4n) is 1.48. The van der Waals surface area contributed by atoms with E-state index in [2.05, 4.69) is 4.74 Å². The Bertz CT molecular complexity index is 464. The molecular formula is C11H19O8P. The number of ether oxygens (including phenoxy) is 1. The fourth-order valence-corrected chi connectivity index (χ4v) is 2.83. The van der Waals surface area contributed by atoms with Crippen LogP contribution in [-0.2, 0) is 23.1 Å². The van der Waals surface area contributed by atoms with Crippen molar-refractivity contribution in [3.05, 3.63) is 11.5 Å². The molecule has 0 bridgehead atoms. The normalized spacial score (nSPS) is 24.3. The number of carbonyl (C=O) groups excluding carboxylic acids is 1. The van der Waals surface area contributed by atoms with Gasteiger partial charge >= 0.3 is 13.6 Å². The van der Waals surface area contributed by atoms with Crippen molar-refractivity contribution in [2.24, 2.45) is 0 Å². The zero-order valence-corrected chi connectivity index (χ0v) is 12.6. The van der Waals surface area contributed by atoms with Gasteiger partial charge in [0.25, 0.3) is 0 Å². The molecule has 9 heteroatoms. The second-order valence-corrected chi connectivity index (χ2v) is 8.12. The third-order valence-corrected chi connectivity index (χ3v) is 5.30. The molecular weight excluding hydrogens is 291 g/mol. The van der Waals surface area contributed by atoms with Crippen molar-refractivity contribution in [2.75, 3.05) is 13.7 Å². The first kappa shape index (κ1) is 17.0. The van der Waals surface area contributed by atoms with Gasteiger partial charge in [-0.05, 0) is 20.8 Å². The van der Waals surface area contributed by atoms with Gasteiger partial charge in [-0.15, -0.1) is 0 Å². The van der Waals surface area contributed by atoms with E-state index in [4.69, 9.17) is 14.2 Å². The van der Waals surface area contributed by atoms with Gasteiger partial charge in [-0.1, -0.05) is 0 Å². The molecule has 0 spiro atoms. The van der Waals surface area contributed by atoms with Crippen LogP contribution < -0.4 is 0 Å². The number of hydrogen-bond donors (Lipinski definition) is 3. The van der Waals surface area contributed by atoms with Crippen LogP contribution in [0.4, 0.5) is 0 Å². The van der Waals surface area contributed by atoms with Crippen molar-refractivity contribution in [1.82, 2.24) is 0 Å². The first-order chi connectivity index (χ1) is 9.07. The minimum absolute atomic E-state index is 0.503. The molecule has 116 valence electrons. The van der Waals surface area contributed by atoms with Crippen molar-refractivity contribution in [1.29, 1.82) is 0 Å². The maximum atomic E-state index is 12.6. The molecule has 1 heterocycles. The van der Waals surface area contributed by atoms with Crippen LogP contribution in [0, 0.1) is 0 Å².